The molecule has 0 aliphatic heterocycles. The van der Waals surface area contributed by atoms with Crippen LogP contribution in [0.15, 0.2) is 241 Å². The van der Waals surface area contributed by atoms with E-state index in [1.54, 1.807) is 0 Å². The van der Waals surface area contributed by atoms with Gasteiger partial charge in [0.1, 0.15) is 11.2 Å². The van der Waals surface area contributed by atoms with E-state index in [0.29, 0.717) is 0 Å². The second kappa shape index (κ2) is 14.6. The zero-order chi connectivity index (χ0) is 42.2. The van der Waals surface area contributed by atoms with Crippen molar-refractivity contribution >= 4 is 70.5 Å². The molecule has 12 aromatic rings. The maximum atomic E-state index is 6.45. The lowest BCUT2D eigenvalue weighted by Crippen LogP contribution is -2.28. The summed E-state index contributed by atoms with van der Waals surface area (Å²) in [5.74, 6) is 0. The van der Waals surface area contributed by atoms with E-state index in [0.717, 1.165) is 61.3 Å². The number of hydrogen-bond acceptors (Lipinski definition) is 3. The molecule has 0 N–H and O–H groups in total. The molecule has 1 aliphatic carbocycles. The average Bonchev–Trinajstić information content (AvgIpc) is 4.03. The van der Waals surface area contributed by atoms with Crippen LogP contribution < -0.4 is 4.90 Å². The smallest absolute Gasteiger partial charge is 0.143 e. The van der Waals surface area contributed by atoms with Crippen molar-refractivity contribution in [3.8, 4) is 33.4 Å². The van der Waals surface area contributed by atoms with Gasteiger partial charge in [-0.15, -0.1) is 11.3 Å². The van der Waals surface area contributed by atoms with Crippen LogP contribution in [0.25, 0.3) is 75.5 Å². The third-order valence-electron chi connectivity index (χ3n) is 13.4. The van der Waals surface area contributed by atoms with E-state index >= 15 is 0 Å². The predicted octanol–water partition coefficient (Wildman–Crippen LogP) is 17.1. The van der Waals surface area contributed by atoms with Gasteiger partial charge in [0.2, 0.25) is 0 Å². The largest absolute Gasteiger partial charge is 0.455 e. The lowest BCUT2D eigenvalue weighted by Gasteiger charge is -2.34. The van der Waals surface area contributed by atoms with Crippen LogP contribution in [-0.2, 0) is 5.41 Å². The first-order chi connectivity index (χ1) is 31.7. The summed E-state index contributed by atoms with van der Waals surface area (Å²) >= 11 is 1.85. The molecule has 1 aliphatic rings. The minimum Gasteiger partial charge on any atom is -0.455 e. The second-order valence-electron chi connectivity index (χ2n) is 16.8. The molecule has 0 atom stereocenters. The molecule has 2 heterocycles. The van der Waals surface area contributed by atoms with Gasteiger partial charge in [-0.05, 0) is 111 Å². The van der Waals surface area contributed by atoms with E-state index in [4.69, 9.17) is 4.42 Å². The number of benzene rings is 10. The monoisotopic (exact) mass is 833 g/mol. The summed E-state index contributed by atoms with van der Waals surface area (Å²) in [6.45, 7) is 0. The Morgan fingerprint density at radius 1 is 0.344 bits per heavy atom. The molecule has 10 aromatic carbocycles. The lowest BCUT2D eigenvalue weighted by molar-refractivity contribution is 0.670. The highest BCUT2D eigenvalue weighted by Gasteiger charge is 2.46. The van der Waals surface area contributed by atoms with Crippen molar-refractivity contribution in [2.75, 3.05) is 4.90 Å². The normalized spacial score (nSPS) is 12.8. The summed E-state index contributed by atoms with van der Waals surface area (Å²) in [4.78, 5) is 2.43. The number of hydrogen-bond donors (Lipinski definition) is 0. The third kappa shape index (κ3) is 5.58. The Balaban J connectivity index is 0.964. The number of fused-ring (bicyclic) bond motifs is 9. The van der Waals surface area contributed by atoms with Gasteiger partial charge >= 0.3 is 0 Å². The zero-order valence-corrected chi connectivity index (χ0v) is 35.6. The van der Waals surface area contributed by atoms with Crippen LogP contribution in [0, 0.1) is 0 Å². The predicted molar refractivity (Wildman–Crippen MR) is 269 cm³/mol. The van der Waals surface area contributed by atoms with Crippen LogP contribution in [0.2, 0.25) is 0 Å². The van der Waals surface area contributed by atoms with Gasteiger partial charge in [-0.1, -0.05) is 176 Å². The molecular formula is C61H39NOS. The molecule has 3 heteroatoms. The van der Waals surface area contributed by atoms with Gasteiger partial charge in [-0.3, -0.25) is 0 Å². The van der Waals surface area contributed by atoms with Crippen LogP contribution >= 0.6 is 11.3 Å². The van der Waals surface area contributed by atoms with Gasteiger partial charge < -0.3 is 9.32 Å². The van der Waals surface area contributed by atoms with Crippen molar-refractivity contribution in [3.05, 3.63) is 259 Å². The van der Waals surface area contributed by atoms with E-state index in [-0.39, 0.29) is 0 Å². The number of rotatable bonds is 7. The highest BCUT2D eigenvalue weighted by atomic mass is 32.1. The number of thiophene rings is 1. The van der Waals surface area contributed by atoms with Gasteiger partial charge in [0.05, 0.1) is 5.41 Å². The minimum absolute atomic E-state index is 0.460. The van der Waals surface area contributed by atoms with Gasteiger partial charge in [0, 0.05) is 53.6 Å². The number of furan rings is 1. The maximum absolute atomic E-state index is 6.45. The molecular weight excluding hydrogens is 795 g/mol. The van der Waals surface area contributed by atoms with Gasteiger partial charge in [0.25, 0.3) is 0 Å². The third-order valence-corrected chi connectivity index (χ3v) is 14.5. The molecule has 2 nitrogen and oxygen atoms in total. The molecule has 300 valence electrons. The molecule has 0 saturated carbocycles. The number of anilines is 3. The first kappa shape index (κ1) is 36.7. The van der Waals surface area contributed by atoms with E-state index in [9.17, 15) is 0 Å². The quantitative estimate of drug-likeness (QED) is 0.159. The van der Waals surface area contributed by atoms with E-state index < -0.39 is 5.41 Å². The Morgan fingerprint density at radius 2 is 0.938 bits per heavy atom. The van der Waals surface area contributed by atoms with Gasteiger partial charge in [0.15, 0.2) is 0 Å². The molecule has 64 heavy (non-hydrogen) atoms. The highest BCUT2D eigenvalue weighted by molar-refractivity contribution is 7.25. The van der Waals surface area contributed by atoms with Crippen LogP contribution in [0.1, 0.15) is 22.3 Å². The SMILES string of the molecule is c1ccc(C2(c3ccccc3)c3ccccc3-c3cc(N(c4ccc(-c5cccc(-c6cccc7c6oc6ccccc67)c5)cc4)c4ccc5sc6ccccc6c5c4)ccc32)cc1. The fourth-order valence-corrected chi connectivity index (χ4v) is 11.6. The van der Waals surface area contributed by atoms with Crippen molar-refractivity contribution in [2.45, 2.75) is 5.41 Å². The lowest BCUT2D eigenvalue weighted by atomic mass is 9.68. The standard InChI is InChI=1S/C61H39NOS/c1-3-17-43(18-4-1)61(44-19-5-2-6-20-44)55-26-10-7-21-49(55)53-38-46(33-35-56(53)61)62(47-34-36-59-54(39-47)51-23-9-12-28-58(51)64-59)45-31-29-40(30-32-45)41-15-13-16-42(37-41)48-24-14-25-52-50-22-8-11-27-57(50)63-60(48)52/h1-39H. The van der Waals surface area contributed by atoms with Crippen molar-refractivity contribution in [3.63, 3.8) is 0 Å². The Bertz CT molecular complexity index is 3690. The Kier molecular flexibility index (Phi) is 8.34. The van der Waals surface area contributed by atoms with Crippen LogP contribution in [0.3, 0.4) is 0 Å². The van der Waals surface area contributed by atoms with Crippen LogP contribution in [-0.4, -0.2) is 0 Å². The van der Waals surface area contributed by atoms with Gasteiger partial charge in [-0.2, -0.15) is 0 Å². The minimum atomic E-state index is -0.460. The molecule has 0 amide bonds. The fourth-order valence-electron chi connectivity index (χ4n) is 10.5. The summed E-state index contributed by atoms with van der Waals surface area (Å²) in [5, 5.41) is 4.84. The molecule has 0 fully saturated rings. The van der Waals surface area contributed by atoms with Gasteiger partial charge in [-0.25, -0.2) is 0 Å². The maximum Gasteiger partial charge on any atom is 0.143 e. The highest BCUT2D eigenvalue weighted by Crippen LogP contribution is 2.57. The summed E-state index contributed by atoms with van der Waals surface area (Å²) in [6.07, 6.45) is 0. The Morgan fingerprint density at radius 3 is 1.77 bits per heavy atom. The van der Waals surface area contributed by atoms with Crippen molar-refractivity contribution in [1.82, 2.24) is 0 Å². The zero-order valence-electron chi connectivity index (χ0n) is 34.8. The first-order valence-corrected chi connectivity index (χ1v) is 22.7. The summed E-state index contributed by atoms with van der Waals surface area (Å²) < 4.78 is 9.04. The second-order valence-corrected chi connectivity index (χ2v) is 17.9. The molecule has 0 unspecified atom stereocenters. The molecule has 0 bridgehead atoms. The topological polar surface area (TPSA) is 16.4 Å². The summed E-state index contributed by atoms with van der Waals surface area (Å²) in [6, 6.07) is 86.6. The molecule has 0 saturated heterocycles. The molecule has 13 rings (SSSR count). The first-order valence-electron chi connectivity index (χ1n) is 21.9. The van der Waals surface area contributed by atoms with E-state index in [1.807, 2.05) is 23.5 Å². The Hall–Kier alpha value is -7.98. The molecule has 0 spiro atoms. The molecule has 2 aromatic heterocycles. The van der Waals surface area contributed by atoms with Crippen molar-refractivity contribution < 1.29 is 4.42 Å². The summed E-state index contributed by atoms with van der Waals surface area (Å²) in [5.41, 5.74) is 16.9. The van der Waals surface area contributed by atoms with Crippen molar-refractivity contribution in [1.29, 1.82) is 0 Å². The van der Waals surface area contributed by atoms with Crippen LogP contribution in [0.5, 0.6) is 0 Å². The van der Waals surface area contributed by atoms with E-state index in [1.165, 1.54) is 53.6 Å². The van der Waals surface area contributed by atoms with E-state index in [2.05, 4.69) is 229 Å². The average molecular weight is 834 g/mol. The number of nitrogens with zero attached hydrogens (tertiary/aromatic N) is 1. The number of para-hydroxylation sites is 2. The fraction of sp³-hybridized carbons (Fsp3) is 0.0164. The van der Waals surface area contributed by atoms with Crippen LogP contribution in [0.4, 0.5) is 17.1 Å². The Labute approximate surface area is 375 Å². The van der Waals surface area contributed by atoms with Crippen molar-refractivity contribution in [2.24, 2.45) is 0 Å². The molecule has 0 radical (unpaired) electrons. The summed E-state index contributed by atoms with van der Waals surface area (Å²) in [7, 11) is 0.